The minimum absolute atomic E-state index is 0. The SMILES string of the molecule is CCOC(=O)C1=C(COCCN(Cc2ccccc2)Cc2ccc(Cl)c(Cl)c2)N=C(C)N(C(=O)OC)C1c1ccccc1[N+](=O)[O-].Cl. The molecular weight excluding hydrogens is 671 g/mol. The molecule has 3 aromatic rings. The summed E-state index contributed by atoms with van der Waals surface area (Å²) < 4.78 is 16.4. The first kappa shape index (κ1) is 37.5. The third-order valence-corrected chi connectivity index (χ3v) is 7.95. The van der Waals surface area contributed by atoms with Gasteiger partial charge in [-0.2, -0.15) is 0 Å². The summed E-state index contributed by atoms with van der Waals surface area (Å²) in [5.74, 6) is -0.605. The molecule has 0 saturated carbocycles. The quantitative estimate of drug-likeness (QED) is 0.0780. The molecule has 0 saturated heterocycles. The second-order valence-electron chi connectivity index (χ2n) is 10.3. The van der Waals surface area contributed by atoms with Crippen molar-refractivity contribution in [2.24, 2.45) is 4.99 Å². The molecule has 4 rings (SSSR count). The molecule has 0 bridgehead atoms. The largest absolute Gasteiger partial charge is 0.463 e. The molecule has 14 heteroatoms. The lowest BCUT2D eigenvalue weighted by atomic mass is 9.92. The average Bonchev–Trinajstić information content (AvgIpc) is 3.04. The Hall–Kier alpha value is -4.00. The van der Waals surface area contributed by atoms with Crippen LogP contribution in [-0.4, -0.2) is 66.1 Å². The predicted molar refractivity (Wildman–Crippen MR) is 182 cm³/mol. The third kappa shape index (κ3) is 9.52. The second kappa shape index (κ2) is 17.8. The molecule has 1 heterocycles. The number of amidine groups is 1. The zero-order chi connectivity index (χ0) is 33.2. The van der Waals surface area contributed by atoms with Gasteiger partial charge in [-0.05, 0) is 43.2 Å². The van der Waals surface area contributed by atoms with E-state index in [4.69, 9.17) is 37.4 Å². The van der Waals surface area contributed by atoms with Gasteiger partial charge in [-0.3, -0.25) is 19.9 Å². The van der Waals surface area contributed by atoms with Gasteiger partial charge in [0.2, 0.25) is 0 Å². The van der Waals surface area contributed by atoms with E-state index in [1.165, 1.54) is 25.3 Å². The Kier molecular flexibility index (Phi) is 14.2. The van der Waals surface area contributed by atoms with Gasteiger partial charge in [-0.1, -0.05) is 71.7 Å². The van der Waals surface area contributed by atoms with Crippen molar-refractivity contribution in [3.8, 4) is 0 Å². The van der Waals surface area contributed by atoms with Crippen LogP contribution in [0.1, 0.15) is 36.6 Å². The Bertz CT molecular complexity index is 1640. The Morgan fingerprint density at radius 1 is 1.00 bits per heavy atom. The maximum Gasteiger partial charge on any atom is 0.415 e. The minimum atomic E-state index is -1.24. The first-order valence-corrected chi connectivity index (χ1v) is 15.2. The van der Waals surface area contributed by atoms with Crippen LogP contribution in [0.25, 0.3) is 0 Å². The molecule has 3 aromatic carbocycles. The molecule has 0 spiro atoms. The standard InChI is InChI=1S/C33H34Cl2N4O7.ClH/c1-4-46-32(40)30-28(36-22(2)38(33(41)44-3)31(30)25-12-8-9-13-29(25)39(42)43)21-45-17-16-37(19-23-10-6-5-7-11-23)20-24-14-15-26(34)27(35)18-24;/h5-15,18,31H,4,16-17,19-21H2,1-3H3;1H. The van der Waals surface area contributed by atoms with Crippen LogP contribution in [0.15, 0.2) is 89.1 Å². The molecule has 0 fully saturated rings. The van der Waals surface area contributed by atoms with E-state index < -0.39 is 23.0 Å². The summed E-state index contributed by atoms with van der Waals surface area (Å²) in [6.07, 6.45) is -0.843. The monoisotopic (exact) mass is 704 g/mol. The number of aliphatic imine (C=N–C) groups is 1. The van der Waals surface area contributed by atoms with Crippen molar-refractivity contribution in [1.82, 2.24) is 9.80 Å². The number of benzene rings is 3. The van der Waals surface area contributed by atoms with Crippen molar-refractivity contribution in [2.45, 2.75) is 33.0 Å². The van der Waals surface area contributed by atoms with Crippen molar-refractivity contribution in [2.75, 3.05) is 33.5 Å². The summed E-state index contributed by atoms with van der Waals surface area (Å²) in [6, 6.07) is 20.1. The van der Waals surface area contributed by atoms with Crippen LogP contribution < -0.4 is 0 Å². The number of esters is 1. The molecule has 1 amide bonds. The summed E-state index contributed by atoms with van der Waals surface area (Å²) in [5, 5.41) is 13.0. The number of hydrogen-bond acceptors (Lipinski definition) is 9. The summed E-state index contributed by atoms with van der Waals surface area (Å²) in [6.45, 7) is 5.05. The van der Waals surface area contributed by atoms with Gasteiger partial charge >= 0.3 is 12.1 Å². The number of nitrogens with zero attached hydrogens (tertiary/aromatic N) is 4. The fourth-order valence-corrected chi connectivity index (χ4v) is 5.48. The van der Waals surface area contributed by atoms with Gasteiger partial charge in [0.15, 0.2) is 0 Å². The highest BCUT2D eigenvalue weighted by Crippen LogP contribution is 2.40. The van der Waals surface area contributed by atoms with Crippen LogP contribution in [0.2, 0.25) is 10.0 Å². The molecule has 1 aliphatic heterocycles. The van der Waals surface area contributed by atoms with Crippen molar-refractivity contribution in [3.63, 3.8) is 0 Å². The number of methoxy groups -OCH3 is 1. The molecule has 1 atom stereocenters. The van der Waals surface area contributed by atoms with E-state index in [0.29, 0.717) is 29.7 Å². The van der Waals surface area contributed by atoms with Crippen LogP contribution in [0.5, 0.6) is 0 Å². The lowest BCUT2D eigenvalue weighted by Crippen LogP contribution is -2.44. The average molecular weight is 706 g/mol. The number of nitro groups is 1. The van der Waals surface area contributed by atoms with Crippen LogP contribution in [0.4, 0.5) is 10.5 Å². The molecule has 0 radical (unpaired) electrons. The van der Waals surface area contributed by atoms with Gasteiger partial charge in [-0.25, -0.2) is 14.6 Å². The number of rotatable bonds is 13. The van der Waals surface area contributed by atoms with E-state index in [0.717, 1.165) is 16.0 Å². The number of hydrogen-bond donors (Lipinski definition) is 0. The van der Waals surface area contributed by atoms with E-state index in [2.05, 4.69) is 9.89 Å². The molecule has 47 heavy (non-hydrogen) atoms. The highest BCUT2D eigenvalue weighted by atomic mass is 35.5. The highest BCUT2D eigenvalue weighted by molar-refractivity contribution is 6.42. The Morgan fingerprint density at radius 2 is 1.68 bits per heavy atom. The van der Waals surface area contributed by atoms with Crippen molar-refractivity contribution < 1.29 is 28.7 Å². The van der Waals surface area contributed by atoms with E-state index in [9.17, 15) is 19.7 Å². The first-order valence-electron chi connectivity index (χ1n) is 14.5. The third-order valence-electron chi connectivity index (χ3n) is 7.21. The highest BCUT2D eigenvalue weighted by Gasteiger charge is 2.43. The number of carbonyl (C=O) groups excluding carboxylic acids is 2. The zero-order valence-electron chi connectivity index (χ0n) is 26.1. The number of para-hydroxylation sites is 1. The lowest BCUT2D eigenvalue weighted by Gasteiger charge is -2.35. The summed E-state index contributed by atoms with van der Waals surface area (Å²) in [7, 11) is 1.18. The van der Waals surface area contributed by atoms with Gasteiger partial charge in [0.25, 0.3) is 5.69 Å². The van der Waals surface area contributed by atoms with Crippen molar-refractivity contribution in [1.29, 1.82) is 0 Å². The maximum atomic E-state index is 13.5. The van der Waals surface area contributed by atoms with Crippen molar-refractivity contribution in [3.05, 3.63) is 121 Å². The first-order chi connectivity index (χ1) is 22.1. The molecule has 1 aliphatic rings. The van der Waals surface area contributed by atoms with E-state index in [1.54, 1.807) is 26.0 Å². The number of amides is 1. The number of halogens is 3. The summed E-state index contributed by atoms with van der Waals surface area (Å²) in [4.78, 5) is 45.7. The zero-order valence-corrected chi connectivity index (χ0v) is 28.4. The van der Waals surface area contributed by atoms with Crippen LogP contribution in [0.3, 0.4) is 0 Å². The lowest BCUT2D eigenvalue weighted by molar-refractivity contribution is -0.385. The topological polar surface area (TPSA) is 124 Å². The van der Waals surface area contributed by atoms with Gasteiger partial charge < -0.3 is 14.2 Å². The summed E-state index contributed by atoms with van der Waals surface area (Å²) >= 11 is 12.4. The second-order valence-corrected chi connectivity index (χ2v) is 11.1. The van der Waals surface area contributed by atoms with Crippen LogP contribution >= 0.6 is 35.6 Å². The Labute approximate surface area is 289 Å². The molecule has 11 nitrogen and oxygen atoms in total. The molecule has 250 valence electrons. The maximum absolute atomic E-state index is 13.5. The fraction of sp³-hybridized carbons (Fsp3) is 0.303. The predicted octanol–water partition coefficient (Wildman–Crippen LogP) is 7.40. The molecule has 1 unspecified atom stereocenters. The van der Waals surface area contributed by atoms with Gasteiger partial charge in [0.1, 0.15) is 11.9 Å². The van der Waals surface area contributed by atoms with E-state index >= 15 is 0 Å². The minimum Gasteiger partial charge on any atom is -0.463 e. The van der Waals surface area contributed by atoms with Gasteiger partial charge in [0, 0.05) is 25.7 Å². The molecular formula is C33H35Cl3N4O7. The van der Waals surface area contributed by atoms with Crippen LogP contribution in [0, 0.1) is 10.1 Å². The van der Waals surface area contributed by atoms with Gasteiger partial charge in [0.05, 0.1) is 58.7 Å². The van der Waals surface area contributed by atoms with Gasteiger partial charge in [-0.15, -0.1) is 12.4 Å². The Balaban J connectivity index is 0.00000600. The van der Waals surface area contributed by atoms with Crippen LogP contribution in [-0.2, 0) is 32.1 Å². The van der Waals surface area contributed by atoms with E-state index in [-0.39, 0.29) is 60.6 Å². The number of nitro benzene ring substituents is 1. The Morgan fingerprint density at radius 3 is 2.34 bits per heavy atom. The smallest absolute Gasteiger partial charge is 0.415 e. The normalized spacial score (nSPS) is 14.4. The summed E-state index contributed by atoms with van der Waals surface area (Å²) in [5.41, 5.74) is 2.04. The molecule has 0 N–H and O–H groups in total. The fourth-order valence-electron chi connectivity index (χ4n) is 5.16. The number of carbonyl (C=O) groups is 2. The van der Waals surface area contributed by atoms with Crippen molar-refractivity contribution >= 4 is 59.2 Å². The van der Waals surface area contributed by atoms with E-state index in [1.807, 2.05) is 42.5 Å². The molecule has 0 aliphatic carbocycles. The number of ether oxygens (including phenoxy) is 3. The molecule has 0 aromatic heterocycles.